The fourth-order valence-electron chi connectivity index (χ4n) is 1.66. The second kappa shape index (κ2) is 7.21. The minimum absolute atomic E-state index is 0.105. The number of carboxylic acid groups (broad SMARTS) is 1. The molecular weight excluding hydrogens is 288 g/mol. The van der Waals surface area contributed by atoms with E-state index in [1.807, 2.05) is 19.1 Å². The molecule has 0 radical (unpaired) electrons. The van der Waals surface area contributed by atoms with E-state index in [0.29, 0.717) is 11.4 Å². The largest absolute Gasteiger partial charge is 0.484 e. The number of hydrogen-bond donors (Lipinski definition) is 2. The number of amides is 1. The van der Waals surface area contributed by atoms with Crippen LogP contribution in [-0.2, 0) is 22.7 Å². The first-order chi connectivity index (χ1) is 10.5. The van der Waals surface area contributed by atoms with Gasteiger partial charge in [-0.2, -0.15) is 0 Å². The summed E-state index contributed by atoms with van der Waals surface area (Å²) >= 11 is 0. The molecule has 0 saturated carbocycles. The number of aliphatic carboxylic acids is 1. The Labute approximate surface area is 126 Å². The zero-order valence-electron chi connectivity index (χ0n) is 12.0. The lowest BCUT2D eigenvalue weighted by atomic mass is 10.2. The van der Waals surface area contributed by atoms with Crippen LogP contribution in [0.5, 0.6) is 5.75 Å². The maximum Gasteiger partial charge on any atom is 0.325 e. The molecule has 1 aromatic heterocycles. The highest BCUT2D eigenvalue weighted by molar-refractivity contribution is 5.77. The molecule has 2 aromatic rings. The highest BCUT2D eigenvalue weighted by Gasteiger charge is 2.07. The van der Waals surface area contributed by atoms with Crippen LogP contribution in [0.25, 0.3) is 0 Å². The summed E-state index contributed by atoms with van der Waals surface area (Å²) in [5.74, 6) is -0.687. The summed E-state index contributed by atoms with van der Waals surface area (Å²) in [6.45, 7) is 1.76. The van der Waals surface area contributed by atoms with Gasteiger partial charge < -0.3 is 15.2 Å². The van der Waals surface area contributed by atoms with E-state index in [2.05, 4.69) is 15.6 Å². The van der Waals surface area contributed by atoms with Crippen LogP contribution in [-0.4, -0.2) is 38.6 Å². The van der Waals surface area contributed by atoms with E-state index in [-0.39, 0.29) is 25.6 Å². The number of carbonyl (C=O) groups is 2. The molecule has 2 rings (SSSR count). The zero-order valence-corrected chi connectivity index (χ0v) is 12.0. The quantitative estimate of drug-likeness (QED) is 0.765. The van der Waals surface area contributed by atoms with Gasteiger partial charge in [-0.15, -0.1) is 5.10 Å². The second-order valence-electron chi connectivity index (χ2n) is 4.68. The third kappa shape index (κ3) is 4.89. The van der Waals surface area contributed by atoms with Crippen molar-refractivity contribution in [3.8, 4) is 5.75 Å². The number of benzene rings is 1. The number of ether oxygens (including phenoxy) is 1. The summed E-state index contributed by atoms with van der Waals surface area (Å²) in [6, 6.07) is 7.38. The number of rotatable bonds is 7. The van der Waals surface area contributed by atoms with Gasteiger partial charge in [-0.3, -0.25) is 9.59 Å². The van der Waals surface area contributed by atoms with E-state index < -0.39 is 5.97 Å². The predicted molar refractivity (Wildman–Crippen MR) is 76.2 cm³/mol. The lowest BCUT2D eigenvalue weighted by Crippen LogP contribution is -2.28. The molecule has 0 aliphatic heterocycles. The smallest absolute Gasteiger partial charge is 0.325 e. The molecule has 0 fully saturated rings. The molecule has 0 saturated heterocycles. The number of aromatic nitrogens is 3. The maximum absolute atomic E-state index is 11.7. The molecule has 0 aliphatic carbocycles. The van der Waals surface area contributed by atoms with Gasteiger partial charge in [0, 0.05) is 0 Å². The molecule has 8 heteroatoms. The minimum Gasteiger partial charge on any atom is -0.484 e. The van der Waals surface area contributed by atoms with E-state index in [9.17, 15) is 9.59 Å². The Kier molecular flexibility index (Phi) is 5.07. The summed E-state index contributed by atoms with van der Waals surface area (Å²) in [4.78, 5) is 22.2. The average Bonchev–Trinajstić information content (AvgIpc) is 2.91. The molecule has 0 bridgehead atoms. The highest BCUT2D eigenvalue weighted by atomic mass is 16.5. The lowest BCUT2D eigenvalue weighted by Gasteiger charge is -2.06. The zero-order chi connectivity index (χ0) is 15.9. The topological polar surface area (TPSA) is 106 Å². The normalized spacial score (nSPS) is 10.2. The molecule has 1 amide bonds. The number of nitrogens with zero attached hydrogens (tertiary/aromatic N) is 3. The average molecular weight is 304 g/mol. The van der Waals surface area contributed by atoms with Crippen molar-refractivity contribution in [3.63, 3.8) is 0 Å². The first-order valence-electron chi connectivity index (χ1n) is 6.60. The number of carboxylic acids is 1. The van der Waals surface area contributed by atoms with Crippen LogP contribution in [0.1, 0.15) is 11.3 Å². The van der Waals surface area contributed by atoms with Crippen LogP contribution < -0.4 is 10.1 Å². The summed E-state index contributed by atoms with van der Waals surface area (Å²) in [5, 5.41) is 18.6. The molecule has 0 atom stereocenters. The van der Waals surface area contributed by atoms with Gasteiger partial charge in [-0.1, -0.05) is 22.9 Å². The molecule has 1 aromatic carbocycles. The second-order valence-corrected chi connectivity index (χ2v) is 4.68. The van der Waals surface area contributed by atoms with Gasteiger partial charge in [0.1, 0.15) is 18.0 Å². The Morgan fingerprint density at radius 1 is 1.32 bits per heavy atom. The molecule has 116 valence electrons. The molecule has 0 spiro atoms. The summed E-state index contributed by atoms with van der Waals surface area (Å²) < 4.78 is 6.53. The summed E-state index contributed by atoms with van der Waals surface area (Å²) in [7, 11) is 0. The first-order valence-corrected chi connectivity index (χ1v) is 6.60. The molecule has 0 aliphatic rings. The Hall–Kier alpha value is -2.90. The number of hydrogen-bond acceptors (Lipinski definition) is 5. The Bertz CT molecular complexity index is 651. The van der Waals surface area contributed by atoms with Crippen molar-refractivity contribution in [3.05, 3.63) is 41.7 Å². The van der Waals surface area contributed by atoms with Gasteiger partial charge in [-0.05, 0) is 19.1 Å². The van der Waals surface area contributed by atoms with E-state index >= 15 is 0 Å². The third-order valence-electron chi connectivity index (χ3n) is 2.74. The molecular formula is C14H16N4O4. The lowest BCUT2D eigenvalue weighted by molar-refractivity contribution is -0.138. The number of aryl methyl sites for hydroxylation is 1. The van der Waals surface area contributed by atoms with Gasteiger partial charge in [0.05, 0.1) is 12.7 Å². The van der Waals surface area contributed by atoms with Gasteiger partial charge in [-0.25, -0.2) is 4.68 Å². The van der Waals surface area contributed by atoms with E-state index in [1.165, 1.54) is 10.9 Å². The van der Waals surface area contributed by atoms with Gasteiger partial charge >= 0.3 is 5.97 Å². The number of carbonyl (C=O) groups excluding carboxylic acids is 1. The van der Waals surface area contributed by atoms with Crippen molar-refractivity contribution >= 4 is 11.9 Å². The van der Waals surface area contributed by atoms with Gasteiger partial charge in [0.15, 0.2) is 6.61 Å². The molecule has 1 heterocycles. The fourth-order valence-corrected chi connectivity index (χ4v) is 1.66. The third-order valence-corrected chi connectivity index (χ3v) is 2.74. The predicted octanol–water partition coefficient (Wildman–Crippen LogP) is 0.366. The van der Waals surface area contributed by atoms with Crippen LogP contribution in [0.4, 0.5) is 0 Å². The van der Waals surface area contributed by atoms with Crippen molar-refractivity contribution in [2.24, 2.45) is 0 Å². The Balaban J connectivity index is 1.74. The summed E-state index contributed by atoms with van der Waals surface area (Å²) in [6.07, 6.45) is 1.47. The molecule has 8 nitrogen and oxygen atoms in total. The number of nitrogens with one attached hydrogen (secondary N) is 1. The van der Waals surface area contributed by atoms with Crippen LogP contribution in [0.2, 0.25) is 0 Å². The molecule has 22 heavy (non-hydrogen) atoms. The molecule has 0 unspecified atom stereocenters. The maximum atomic E-state index is 11.7. The summed E-state index contributed by atoms with van der Waals surface area (Å²) in [5.41, 5.74) is 1.59. The van der Waals surface area contributed by atoms with Crippen LogP contribution in [0.3, 0.4) is 0 Å². The van der Waals surface area contributed by atoms with Crippen LogP contribution in [0, 0.1) is 6.92 Å². The van der Waals surface area contributed by atoms with E-state index in [4.69, 9.17) is 9.84 Å². The van der Waals surface area contributed by atoms with Crippen LogP contribution in [0.15, 0.2) is 30.5 Å². The van der Waals surface area contributed by atoms with Crippen molar-refractivity contribution in [1.29, 1.82) is 0 Å². The van der Waals surface area contributed by atoms with Crippen molar-refractivity contribution in [2.75, 3.05) is 6.61 Å². The first kappa shape index (κ1) is 15.5. The van der Waals surface area contributed by atoms with E-state index in [1.54, 1.807) is 12.1 Å². The van der Waals surface area contributed by atoms with Gasteiger partial charge in [0.2, 0.25) is 0 Å². The fraction of sp³-hybridized carbons (Fsp3) is 0.286. The van der Waals surface area contributed by atoms with Crippen LogP contribution >= 0.6 is 0 Å². The standard InChI is InChI=1S/C14H16N4O4/c1-10-2-4-12(5-3-10)22-9-13(19)15-6-11-7-18(17-16-11)8-14(20)21/h2-5,7H,6,8-9H2,1H3,(H,15,19)(H,20,21). The van der Waals surface area contributed by atoms with Gasteiger partial charge in [0.25, 0.3) is 5.91 Å². The monoisotopic (exact) mass is 304 g/mol. The van der Waals surface area contributed by atoms with Crippen molar-refractivity contribution in [1.82, 2.24) is 20.3 Å². The Morgan fingerprint density at radius 3 is 2.73 bits per heavy atom. The highest BCUT2D eigenvalue weighted by Crippen LogP contribution is 2.10. The van der Waals surface area contributed by atoms with E-state index in [0.717, 1.165) is 5.56 Å². The van der Waals surface area contributed by atoms with Crippen molar-refractivity contribution < 1.29 is 19.4 Å². The SMILES string of the molecule is Cc1ccc(OCC(=O)NCc2cn(CC(=O)O)nn2)cc1. The minimum atomic E-state index is -1.01. The Morgan fingerprint density at radius 2 is 2.05 bits per heavy atom. The molecule has 2 N–H and O–H groups in total. The van der Waals surface area contributed by atoms with Crippen molar-refractivity contribution in [2.45, 2.75) is 20.0 Å².